The number of thioether (sulfide) groups is 1. The summed E-state index contributed by atoms with van der Waals surface area (Å²) in [5.41, 5.74) is 3.80. The molecule has 8 heteroatoms. The monoisotopic (exact) mass is 483 g/mol. The van der Waals surface area contributed by atoms with Gasteiger partial charge in [-0.1, -0.05) is 54.6 Å². The van der Waals surface area contributed by atoms with Gasteiger partial charge in [0.1, 0.15) is 5.56 Å². The quantitative estimate of drug-likeness (QED) is 0.213. The molecule has 0 spiro atoms. The van der Waals surface area contributed by atoms with Gasteiger partial charge in [-0.3, -0.25) is 9.59 Å². The molecule has 7 nitrogen and oxygen atoms in total. The number of ketones is 1. The average molecular weight is 484 g/mol. The molecule has 4 heterocycles. The molecule has 0 radical (unpaired) electrons. The van der Waals surface area contributed by atoms with E-state index >= 15 is 0 Å². The van der Waals surface area contributed by atoms with Gasteiger partial charge in [0, 0.05) is 34.9 Å². The number of Topliss-reactive ketones (excluding diaryl/α,β-unsaturated/α-hetero) is 1. The lowest BCUT2D eigenvalue weighted by Crippen LogP contribution is -2.20. The number of rotatable bonds is 5. The van der Waals surface area contributed by atoms with Gasteiger partial charge in [-0.25, -0.2) is 4.98 Å². The van der Waals surface area contributed by atoms with E-state index in [1.54, 1.807) is 6.20 Å². The Kier molecular flexibility index (Phi) is 5.53. The summed E-state index contributed by atoms with van der Waals surface area (Å²) in [5.74, 6) is 0.498. The molecular formula is C27H25N5O2S. The number of H-pyrrole nitrogens is 1. The molecule has 6 rings (SSSR count). The molecule has 1 aromatic heterocycles. The second-order valence-electron chi connectivity index (χ2n) is 8.93. The summed E-state index contributed by atoms with van der Waals surface area (Å²) in [6.07, 6.45) is 5.72. The summed E-state index contributed by atoms with van der Waals surface area (Å²) in [5, 5.41) is 5.93. The van der Waals surface area contributed by atoms with Crippen LogP contribution < -0.4 is 5.56 Å². The van der Waals surface area contributed by atoms with E-state index in [2.05, 4.69) is 14.6 Å². The minimum Gasteiger partial charge on any atom is -0.360 e. The second-order valence-corrected chi connectivity index (χ2v) is 10.2. The number of carbonyl (C=O) groups excluding carboxylic acids is 1. The van der Waals surface area contributed by atoms with E-state index < -0.39 is 0 Å². The SMILES string of the molecule is C[C@@H](Sc1nc2nn(-c3ccccc3)c(=O)c-2c2n1CCCCC2)C(=O)c1c[nH]c2ccccc12. The van der Waals surface area contributed by atoms with Gasteiger partial charge in [-0.05, 0) is 44.4 Å². The van der Waals surface area contributed by atoms with E-state index in [0.717, 1.165) is 59.7 Å². The fraction of sp³-hybridized carbons (Fsp3) is 0.259. The van der Waals surface area contributed by atoms with Gasteiger partial charge >= 0.3 is 0 Å². The summed E-state index contributed by atoms with van der Waals surface area (Å²) in [6, 6.07) is 17.3. The molecule has 0 saturated carbocycles. The van der Waals surface area contributed by atoms with Crippen LogP contribution in [0.25, 0.3) is 28.0 Å². The van der Waals surface area contributed by atoms with Crippen molar-refractivity contribution in [1.82, 2.24) is 24.3 Å². The number of fused-ring (bicyclic) bond motifs is 4. The lowest BCUT2D eigenvalue weighted by Gasteiger charge is -2.19. The molecule has 3 aliphatic heterocycles. The zero-order valence-corrected chi connectivity index (χ0v) is 20.2. The molecule has 0 aliphatic carbocycles. The molecule has 0 fully saturated rings. The van der Waals surface area contributed by atoms with Gasteiger partial charge in [-0.2, -0.15) is 4.68 Å². The summed E-state index contributed by atoms with van der Waals surface area (Å²) in [6.45, 7) is 2.70. The number of benzene rings is 2. The Bertz CT molecular complexity index is 1570. The highest BCUT2D eigenvalue weighted by atomic mass is 32.2. The first-order chi connectivity index (χ1) is 17.1. The maximum absolute atomic E-state index is 13.4. The number of hydrogen-bond acceptors (Lipinski definition) is 5. The Hall–Kier alpha value is -3.65. The Morgan fingerprint density at radius 2 is 1.86 bits per heavy atom. The van der Waals surface area contributed by atoms with E-state index in [1.165, 1.54) is 16.4 Å². The van der Waals surface area contributed by atoms with Crippen LogP contribution in [0.2, 0.25) is 0 Å². The Morgan fingerprint density at radius 3 is 2.71 bits per heavy atom. The minimum absolute atomic E-state index is 0.0525. The van der Waals surface area contributed by atoms with Crippen LogP contribution in [0.4, 0.5) is 0 Å². The number of hydrogen-bond donors (Lipinski definition) is 1. The highest BCUT2D eigenvalue weighted by molar-refractivity contribution is 8.00. The molecule has 0 saturated heterocycles. The maximum Gasteiger partial charge on any atom is 0.284 e. The van der Waals surface area contributed by atoms with Gasteiger partial charge < -0.3 is 9.55 Å². The lowest BCUT2D eigenvalue weighted by atomic mass is 10.1. The van der Waals surface area contributed by atoms with Crippen molar-refractivity contribution in [3.05, 3.63) is 82.4 Å². The molecular weight excluding hydrogens is 458 g/mol. The number of nitrogens with one attached hydrogen (secondary N) is 1. The third kappa shape index (κ3) is 3.78. The lowest BCUT2D eigenvalue weighted by molar-refractivity contribution is 0.0995. The van der Waals surface area contributed by atoms with Crippen LogP contribution in [0, 0.1) is 0 Å². The van der Waals surface area contributed by atoms with Crippen LogP contribution in [0.3, 0.4) is 0 Å². The van der Waals surface area contributed by atoms with Gasteiger partial charge in [0.25, 0.3) is 5.56 Å². The van der Waals surface area contributed by atoms with E-state index in [9.17, 15) is 9.59 Å². The number of aromatic nitrogens is 5. The van der Waals surface area contributed by atoms with Crippen molar-refractivity contribution in [3.8, 4) is 17.1 Å². The normalized spacial score (nSPS) is 14.7. The van der Waals surface area contributed by atoms with Crippen molar-refractivity contribution < 1.29 is 4.79 Å². The second kappa shape index (κ2) is 8.85. The predicted molar refractivity (Wildman–Crippen MR) is 138 cm³/mol. The van der Waals surface area contributed by atoms with Crippen LogP contribution in [-0.2, 0) is 13.0 Å². The van der Waals surface area contributed by atoms with E-state index in [-0.39, 0.29) is 16.6 Å². The molecule has 0 bridgehead atoms. The average Bonchev–Trinajstić information content (AvgIpc) is 3.36. The molecule has 176 valence electrons. The van der Waals surface area contributed by atoms with E-state index in [0.29, 0.717) is 17.0 Å². The van der Waals surface area contributed by atoms with Gasteiger partial charge in [0.15, 0.2) is 16.8 Å². The molecule has 3 aliphatic rings. The van der Waals surface area contributed by atoms with E-state index in [1.807, 2.05) is 61.5 Å². The third-order valence-electron chi connectivity index (χ3n) is 6.67. The van der Waals surface area contributed by atoms with Crippen molar-refractivity contribution >= 4 is 28.4 Å². The highest BCUT2D eigenvalue weighted by Gasteiger charge is 2.29. The fourth-order valence-electron chi connectivity index (χ4n) is 4.89. The van der Waals surface area contributed by atoms with Crippen LogP contribution in [0.1, 0.15) is 42.2 Å². The summed E-state index contributed by atoms with van der Waals surface area (Å²) in [4.78, 5) is 34.9. The molecule has 0 amide bonds. The standard InChI is InChI=1S/C27H25N5O2S/c1-17(24(33)20-16-28-21-13-8-7-12-19(20)21)35-27-29-25-23(22-14-6-3-9-15-31(22)27)26(34)32(30-25)18-10-4-2-5-11-18/h2,4-5,7-8,10-13,16-17,28H,3,6,9,14-15H2,1H3/t17-/m1/s1. The zero-order valence-electron chi connectivity index (χ0n) is 19.4. The molecule has 3 aromatic rings. The number of para-hydroxylation sites is 2. The topological polar surface area (TPSA) is 85.6 Å². The van der Waals surface area contributed by atoms with Gasteiger partial charge in [0.05, 0.1) is 10.9 Å². The van der Waals surface area contributed by atoms with Crippen molar-refractivity contribution in [2.24, 2.45) is 0 Å². The molecule has 1 N–H and O–H groups in total. The molecule has 35 heavy (non-hydrogen) atoms. The molecule has 0 unspecified atom stereocenters. The van der Waals surface area contributed by atoms with Crippen LogP contribution >= 0.6 is 11.8 Å². The zero-order chi connectivity index (χ0) is 23.9. The first-order valence-electron chi connectivity index (χ1n) is 12.0. The van der Waals surface area contributed by atoms with Crippen molar-refractivity contribution in [1.29, 1.82) is 0 Å². The predicted octanol–water partition coefficient (Wildman–Crippen LogP) is 5.11. The number of aromatic amines is 1. The Morgan fingerprint density at radius 1 is 1.06 bits per heavy atom. The fourth-order valence-corrected chi connectivity index (χ4v) is 5.91. The summed E-state index contributed by atoms with van der Waals surface area (Å²) in [7, 11) is 0. The molecule has 2 aromatic carbocycles. The van der Waals surface area contributed by atoms with Gasteiger partial charge in [0.2, 0.25) is 0 Å². The largest absolute Gasteiger partial charge is 0.360 e. The smallest absolute Gasteiger partial charge is 0.284 e. The Balaban J connectivity index is 1.43. The number of carbonyl (C=O) groups is 1. The van der Waals surface area contributed by atoms with Crippen LogP contribution in [-0.4, -0.2) is 35.3 Å². The van der Waals surface area contributed by atoms with Crippen molar-refractivity contribution in [3.63, 3.8) is 0 Å². The van der Waals surface area contributed by atoms with Crippen LogP contribution in [0.15, 0.2) is 70.7 Å². The van der Waals surface area contributed by atoms with Crippen molar-refractivity contribution in [2.45, 2.75) is 49.6 Å². The molecule has 1 atom stereocenters. The minimum atomic E-state index is -0.345. The van der Waals surface area contributed by atoms with Gasteiger partial charge in [-0.15, -0.1) is 5.10 Å². The third-order valence-corrected chi connectivity index (χ3v) is 7.76. The Labute approximate surface area is 206 Å². The van der Waals surface area contributed by atoms with E-state index in [4.69, 9.17) is 4.98 Å². The highest BCUT2D eigenvalue weighted by Crippen LogP contribution is 2.33. The summed E-state index contributed by atoms with van der Waals surface area (Å²) >= 11 is 1.45. The first-order valence-corrected chi connectivity index (χ1v) is 12.8. The first kappa shape index (κ1) is 21.9. The van der Waals surface area contributed by atoms with Crippen molar-refractivity contribution in [2.75, 3.05) is 0 Å². The maximum atomic E-state index is 13.4. The van der Waals surface area contributed by atoms with Crippen LogP contribution in [0.5, 0.6) is 0 Å². The summed E-state index contributed by atoms with van der Waals surface area (Å²) < 4.78 is 3.59. The number of nitrogens with zero attached hydrogens (tertiary/aromatic N) is 4.